The maximum Gasteiger partial charge on any atom is 0.231 e. The first-order valence-electron chi connectivity index (χ1n) is 9.01. The minimum Gasteiger partial charge on any atom is -0.480 e. The topological polar surface area (TPSA) is 99.2 Å². The standard InChI is InChI=1S/C18H25N7O2/c1-11(2)24-13(4)18(12(3)22-24)19-16(26)8-6-7-14-20-21-15-9-10-17(27-5)23-25(14)15/h9-11H,6-8H2,1-5H3,(H,19,26). The molecule has 0 radical (unpaired) electrons. The summed E-state index contributed by atoms with van der Waals surface area (Å²) >= 11 is 0. The molecule has 3 rings (SSSR count). The molecule has 0 aliphatic carbocycles. The van der Waals surface area contributed by atoms with E-state index in [0.717, 1.165) is 17.1 Å². The number of nitrogens with one attached hydrogen (secondary N) is 1. The SMILES string of the molecule is COc1ccc2nnc(CCCC(=O)Nc3c(C)nn(C(C)C)c3C)n2n1. The molecule has 0 bridgehead atoms. The van der Waals surface area contributed by atoms with Crippen molar-refractivity contribution in [3.63, 3.8) is 0 Å². The van der Waals surface area contributed by atoms with E-state index < -0.39 is 0 Å². The monoisotopic (exact) mass is 371 g/mol. The maximum absolute atomic E-state index is 12.4. The van der Waals surface area contributed by atoms with Crippen LogP contribution in [0, 0.1) is 13.8 Å². The molecule has 144 valence electrons. The molecule has 0 aliphatic heterocycles. The lowest BCUT2D eigenvalue weighted by Gasteiger charge is -2.09. The summed E-state index contributed by atoms with van der Waals surface area (Å²) in [6.45, 7) is 8.01. The zero-order chi connectivity index (χ0) is 19.6. The predicted octanol–water partition coefficient (Wildman–Crippen LogP) is 2.49. The lowest BCUT2D eigenvalue weighted by molar-refractivity contribution is -0.116. The van der Waals surface area contributed by atoms with Gasteiger partial charge in [0.15, 0.2) is 11.5 Å². The van der Waals surface area contributed by atoms with E-state index in [4.69, 9.17) is 4.74 Å². The Labute approximate surface area is 157 Å². The van der Waals surface area contributed by atoms with Gasteiger partial charge in [0.1, 0.15) is 0 Å². The van der Waals surface area contributed by atoms with Gasteiger partial charge in [-0.2, -0.15) is 9.61 Å². The van der Waals surface area contributed by atoms with E-state index in [-0.39, 0.29) is 11.9 Å². The lowest BCUT2D eigenvalue weighted by atomic mass is 10.2. The number of aromatic nitrogens is 6. The van der Waals surface area contributed by atoms with Crippen molar-refractivity contribution in [1.29, 1.82) is 0 Å². The van der Waals surface area contributed by atoms with Crippen LogP contribution in [0.1, 0.15) is 49.9 Å². The second kappa shape index (κ2) is 7.73. The summed E-state index contributed by atoms with van der Waals surface area (Å²) in [7, 11) is 1.56. The molecule has 9 nitrogen and oxygen atoms in total. The molecule has 0 aliphatic rings. The molecule has 0 saturated carbocycles. The number of ether oxygens (including phenoxy) is 1. The highest BCUT2D eigenvalue weighted by Crippen LogP contribution is 2.22. The molecule has 0 saturated heterocycles. The number of nitrogens with zero attached hydrogens (tertiary/aromatic N) is 6. The zero-order valence-electron chi connectivity index (χ0n) is 16.4. The number of hydrogen-bond acceptors (Lipinski definition) is 6. The number of methoxy groups -OCH3 is 1. The molecule has 3 aromatic heterocycles. The van der Waals surface area contributed by atoms with Crippen LogP contribution in [0.4, 0.5) is 5.69 Å². The van der Waals surface area contributed by atoms with Gasteiger partial charge in [0.25, 0.3) is 0 Å². The fourth-order valence-electron chi connectivity index (χ4n) is 3.04. The van der Waals surface area contributed by atoms with Crippen LogP contribution in [0.3, 0.4) is 0 Å². The van der Waals surface area contributed by atoms with Gasteiger partial charge in [-0.05, 0) is 40.2 Å². The fraction of sp³-hybridized carbons (Fsp3) is 0.500. The van der Waals surface area contributed by atoms with E-state index in [1.54, 1.807) is 23.8 Å². The molecule has 0 fully saturated rings. The van der Waals surface area contributed by atoms with Gasteiger partial charge in [0, 0.05) is 24.9 Å². The Balaban J connectivity index is 1.61. The van der Waals surface area contributed by atoms with Crippen LogP contribution in [0.5, 0.6) is 5.88 Å². The summed E-state index contributed by atoms with van der Waals surface area (Å²) in [6, 6.07) is 3.79. The van der Waals surface area contributed by atoms with Gasteiger partial charge in [0.05, 0.1) is 24.2 Å². The van der Waals surface area contributed by atoms with Crippen molar-refractivity contribution >= 4 is 17.2 Å². The predicted molar refractivity (Wildman–Crippen MR) is 101 cm³/mol. The Bertz CT molecular complexity index is 958. The number of aryl methyl sites for hydroxylation is 2. The van der Waals surface area contributed by atoms with Crippen LogP contribution in [0.25, 0.3) is 5.65 Å². The van der Waals surface area contributed by atoms with Crippen LogP contribution in [0.15, 0.2) is 12.1 Å². The van der Waals surface area contributed by atoms with Gasteiger partial charge in [-0.1, -0.05) is 0 Å². The molecule has 3 aromatic rings. The second-order valence-electron chi connectivity index (χ2n) is 6.75. The van der Waals surface area contributed by atoms with E-state index >= 15 is 0 Å². The maximum atomic E-state index is 12.4. The number of hydrogen-bond donors (Lipinski definition) is 1. The summed E-state index contributed by atoms with van der Waals surface area (Å²) in [5.41, 5.74) is 3.25. The number of fused-ring (bicyclic) bond motifs is 1. The number of amides is 1. The third-order valence-corrected chi connectivity index (χ3v) is 4.39. The van der Waals surface area contributed by atoms with Crippen LogP contribution >= 0.6 is 0 Å². The molecule has 1 N–H and O–H groups in total. The quantitative estimate of drug-likeness (QED) is 0.685. The van der Waals surface area contributed by atoms with E-state index in [1.807, 2.05) is 18.5 Å². The molecule has 0 unspecified atom stereocenters. The van der Waals surface area contributed by atoms with Crippen LogP contribution in [0.2, 0.25) is 0 Å². The molecule has 0 atom stereocenters. The Hall–Kier alpha value is -2.97. The molecule has 1 amide bonds. The third-order valence-electron chi connectivity index (χ3n) is 4.39. The van der Waals surface area contributed by atoms with Crippen molar-refractivity contribution in [2.45, 2.75) is 53.0 Å². The molecule has 0 aromatic carbocycles. The Morgan fingerprint density at radius 2 is 2.00 bits per heavy atom. The average Bonchev–Trinajstić information content (AvgIpc) is 3.17. The highest BCUT2D eigenvalue weighted by molar-refractivity contribution is 5.91. The van der Waals surface area contributed by atoms with E-state index in [1.165, 1.54) is 0 Å². The highest BCUT2D eigenvalue weighted by Gasteiger charge is 2.16. The number of carbonyl (C=O) groups is 1. The molecule has 27 heavy (non-hydrogen) atoms. The average molecular weight is 371 g/mol. The number of anilines is 1. The first-order chi connectivity index (χ1) is 12.9. The smallest absolute Gasteiger partial charge is 0.231 e. The second-order valence-corrected chi connectivity index (χ2v) is 6.75. The molecular weight excluding hydrogens is 346 g/mol. The van der Waals surface area contributed by atoms with Crippen molar-refractivity contribution in [2.24, 2.45) is 0 Å². The summed E-state index contributed by atoms with van der Waals surface area (Å²) in [5, 5.41) is 20.0. The minimum atomic E-state index is -0.0381. The van der Waals surface area contributed by atoms with E-state index in [0.29, 0.717) is 36.6 Å². The molecule has 3 heterocycles. The van der Waals surface area contributed by atoms with Crippen LogP contribution < -0.4 is 10.1 Å². The number of carbonyl (C=O) groups excluding carboxylic acids is 1. The normalized spacial score (nSPS) is 11.3. The van der Waals surface area contributed by atoms with Crippen LogP contribution in [-0.2, 0) is 11.2 Å². The van der Waals surface area contributed by atoms with E-state index in [2.05, 4.69) is 39.6 Å². The van der Waals surface area contributed by atoms with Crippen molar-refractivity contribution in [3.05, 3.63) is 29.3 Å². The summed E-state index contributed by atoms with van der Waals surface area (Å²) in [6.07, 6.45) is 1.62. The van der Waals surface area contributed by atoms with Crippen molar-refractivity contribution < 1.29 is 9.53 Å². The van der Waals surface area contributed by atoms with Crippen LogP contribution in [-0.4, -0.2) is 42.6 Å². The van der Waals surface area contributed by atoms with Crippen molar-refractivity contribution in [3.8, 4) is 5.88 Å². The van der Waals surface area contributed by atoms with Gasteiger partial charge in [-0.25, -0.2) is 0 Å². The Morgan fingerprint density at radius 3 is 2.67 bits per heavy atom. The van der Waals surface area contributed by atoms with Crippen molar-refractivity contribution in [2.75, 3.05) is 12.4 Å². The summed E-state index contributed by atoms with van der Waals surface area (Å²) in [5.74, 6) is 1.16. The summed E-state index contributed by atoms with van der Waals surface area (Å²) in [4.78, 5) is 12.4. The summed E-state index contributed by atoms with van der Waals surface area (Å²) < 4.78 is 8.71. The largest absolute Gasteiger partial charge is 0.480 e. The Morgan fingerprint density at radius 1 is 1.22 bits per heavy atom. The van der Waals surface area contributed by atoms with Crippen molar-refractivity contribution in [1.82, 2.24) is 29.6 Å². The highest BCUT2D eigenvalue weighted by atomic mass is 16.5. The molecule has 9 heteroatoms. The molecule has 0 spiro atoms. The van der Waals surface area contributed by atoms with E-state index in [9.17, 15) is 4.79 Å². The van der Waals surface area contributed by atoms with Gasteiger partial charge in [0.2, 0.25) is 11.8 Å². The molecular formula is C18H25N7O2. The third kappa shape index (κ3) is 3.91. The minimum absolute atomic E-state index is 0.0381. The fourth-order valence-corrected chi connectivity index (χ4v) is 3.04. The van der Waals surface area contributed by atoms with Gasteiger partial charge in [-0.3, -0.25) is 9.48 Å². The Kier molecular flexibility index (Phi) is 5.38. The first-order valence-corrected chi connectivity index (χ1v) is 9.01. The van der Waals surface area contributed by atoms with Gasteiger partial charge < -0.3 is 10.1 Å². The first kappa shape index (κ1) is 18.8. The van der Waals surface area contributed by atoms with Gasteiger partial charge >= 0.3 is 0 Å². The zero-order valence-corrected chi connectivity index (χ0v) is 16.4. The lowest BCUT2D eigenvalue weighted by Crippen LogP contribution is -2.13. The number of rotatable bonds is 7. The van der Waals surface area contributed by atoms with Gasteiger partial charge in [-0.15, -0.1) is 15.3 Å².